The highest BCUT2D eigenvalue weighted by Gasteiger charge is 2.19. The predicted molar refractivity (Wildman–Crippen MR) is 283 cm³/mol. The zero-order valence-corrected chi connectivity index (χ0v) is 42.1. The Morgan fingerprint density at radius 3 is 1.18 bits per heavy atom. The summed E-state index contributed by atoms with van der Waals surface area (Å²) in [5.74, 6) is -1.07. The van der Waals surface area contributed by atoms with E-state index in [1.54, 1.807) is 0 Å². The lowest BCUT2D eigenvalue weighted by Gasteiger charge is -2.18. The number of esters is 3. The minimum absolute atomic E-state index is 0.128. The van der Waals surface area contributed by atoms with Gasteiger partial charge in [-0.05, 0) is 103 Å². The summed E-state index contributed by atoms with van der Waals surface area (Å²) in [4.78, 5) is 38.0. The maximum atomic E-state index is 12.8. The van der Waals surface area contributed by atoms with Gasteiger partial charge in [0.15, 0.2) is 6.10 Å². The molecule has 0 heterocycles. The lowest BCUT2D eigenvalue weighted by Crippen LogP contribution is -2.30. The topological polar surface area (TPSA) is 78.9 Å². The highest BCUT2D eigenvalue weighted by Crippen LogP contribution is 2.12. The number of hydrogen-bond donors (Lipinski definition) is 0. The smallest absolute Gasteiger partial charge is 0.306 e. The van der Waals surface area contributed by atoms with Gasteiger partial charge in [-0.2, -0.15) is 0 Å². The maximum Gasteiger partial charge on any atom is 0.306 e. The molecule has 0 bridgehead atoms. The Labute approximate surface area is 405 Å². The van der Waals surface area contributed by atoms with Crippen molar-refractivity contribution in [3.8, 4) is 0 Å². The molecule has 0 saturated heterocycles. The van der Waals surface area contributed by atoms with Crippen molar-refractivity contribution in [2.45, 2.75) is 213 Å². The molecule has 0 amide bonds. The third kappa shape index (κ3) is 50.5. The van der Waals surface area contributed by atoms with Crippen molar-refractivity contribution in [2.75, 3.05) is 13.2 Å². The van der Waals surface area contributed by atoms with E-state index in [0.29, 0.717) is 19.3 Å². The van der Waals surface area contributed by atoms with E-state index < -0.39 is 6.10 Å². The van der Waals surface area contributed by atoms with Crippen LogP contribution in [0.3, 0.4) is 0 Å². The molecule has 0 rings (SSSR count). The Morgan fingerprint density at radius 2 is 0.697 bits per heavy atom. The van der Waals surface area contributed by atoms with Crippen molar-refractivity contribution in [3.05, 3.63) is 134 Å². The molecule has 0 aromatic carbocycles. The van der Waals surface area contributed by atoms with E-state index in [2.05, 4.69) is 136 Å². The molecule has 0 saturated carbocycles. The van der Waals surface area contributed by atoms with Crippen LogP contribution < -0.4 is 0 Å². The number of unbranched alkanes of at least 4 members (excludes halogenated alkanes) is 15. The van der Waals surface area contributed by atoms with Crippen LogP contribution in [0.2, 0.25) is 0 Å². The van der Waals surface area contributed by atoms with Crippen LogP contribution in [0, 0.1) is 0 Å². The molecule has 0 aromatic rings. The van der Waals surface area contributed by atoms with E-state index in [1.807, 2.05) is 18.2 Å². The van der Waals surface area contributed by atoms with E-state index in [4.69, 9.17) is 14.2 Å². The summed E-state index contributed by atoms with van der Waals surface area (Å²) in [7, 11) is 0. The third-order valence-corrected chi connectivity index (χ3v) is 10.5. The Kier molecular flexibility index (Phi) is 49.6. The van der Waals surface area contributed by atoms with Gasteiger partial charge in [0.25, 0.3) is 0 Å². The number of rotatable bonds is 45. The molecule has 1 unspecified atom stereocenters. The fourth-order valence-corrected chi connectivity index (χ4v) is 6.57. The average Bonchev–Trinajstić information content (AvgIpc) is 3.31. The molecular formula is C60H94O6. The van der Waals surface area contributed by atoms with Crippen LogP contribution in [0.25, 0.3) is 0 Å². The SMILES string of the molecule is CC\C=C/C=C\C=C/CCCCCCCC(=O)OCC(COC(=O)CC/C=C\C/C=C\C/C=C\C/C=C\C/C=C\C/C=C\CC)OC(=O)CCCCC/C=C\C=C/CCCCCCCCC. The molecular weight excluding hydrogens is 817 g/mol. The highest BCUT2D eigenvalue weighted by atomic mass is 16.6. The lowest BCUT2D eigenvalue weighted by molar-refractivity contribution is -0.166. The second kappa shape index (κ2) is 53.2. The van der Waals surface area contributed by atoms with Crippen LogP contribution in [-0.2, 0) is 28.6 Å². The summed E-state index contributed by atoms with van der Waals surface area (Å²) in [6.07, 6.45) is 74.5. The molecule has 0 aliphatic heterocycles. The van der Waals surface area contributed by atoms with Gasteiger partial charge < -0.3 is 14.2 Å². The summed E-state index contributed by atoms with van der Waals surface area (Å²) in [5.41, 5.74) is 0. The van der Waals surface area contributed by atoms with Crippen LogP contribution in [0.4, 0.5) is 0 Å². The molecule has 6 nitrogen and oxygen atoms in total. The van der Waals surface area contributed by atoms with Crippen LogP contribution in [0.15, 0.2) is 134 Å². The maximum absolute atomic E-state index is 12.8. The molecule has 370 valence electrons. The molecule has 6 heteroatoms. The summed E-state index contributed by atoms with van der Waals surface area (Å²) >= 11 is 0. The molecule has 1 atom stereocenters. The first-order valence-corrected chi connectivity index (χ1v) is 26.2. The zero-order valence-electron chi connectivity index (χ0n) is 42.1. The number of ether oxygens (including phenoxy) is 3. The summed E-state index contributed by atoms with van der Waals surface area (Å²) < 4.78 is 16.7. The van der Waals surface area contributed by atoms with Gasteiger partial charge in [0.2, 0.25) is 0 Å². The summed E-state index contributed by atoms with van der Waals surface area (Å²) in [6, 6.07) is 0. The summed E-state index contributed by atoms with van der Waals surface area (Å²) in [5, 5.41) is 0. The Bertz CT molecular complexity index is 1460. The predicted octanol–water partition coefficient (Wildman–Crippen LogP) is 17.5. The van der Waals surface area contributed by atoms with E-state index in [1.165, 1.54) is 44.9 Å². The van der Waals surface area contributed by atoms with Gasteiger partial charge in [0.1, 0.15) is 13.2 Å². The highest BCUT2D eigenvalue weighted by molar-refractivity contribution is 5.71. The Balaban J connectivity index is 4.59. The van der Waals surface area contributed by atoms with Crippen molar-refractivity contribution in [1.29, 1.82) is 0 Å². The molecule has 0 fully saturated rings. The van der Waals surface area contributed by atoms with E-state index in [9.17, 15) is 14.4 Å². The normalized spacial score (nSPS) is 13.2. The minimum atomic E-state index is -0.836. The number of hydrogen-bond acceptors (Lipinski definition) is 6. The van der Waals surface area contributed by atoms with E-state index >= 15 is 0 Å². The second-order valence-electron chi connectivity index (χ2n) is 16.8. The van der Waals surface area contributed by atoms with Crippen molar-refractivity contribution < 1.29 is 28.6 Å². The van der Waals surface area contributed by atoms with Crippen LogP contribution in [0.5, 0.6) is 0 Å². The molecule has 0 N–H and O–H groups in total. The van der Waals surface area contributed by atoms with Crippen molar-refractivity contribution in [1.82, 2.24) is 0 Å². The van der Waals surface area contributed by atoms with Gasteiger partial charge >= 0.3 is 17.9 Å². The number of carbonyl (C=O) groups excluding carboxylic acids is 3. The Morgan fingerprint density at radius 1 is 0.333 bits per heavy atom. The first-order valence-electron chi connectivity index (χ1n) is 26.2. The monoisotopic (exact) mass is 911 g/mol. The van der Waals surface area contributed by atoms with Crippen LogP contribution >= 0.6 is 0 Å². The van der Waals surface area contributed by atoms with Gasteiger partial charge in [0, 0.05) is 19.3 Å². The van der Waals surface area contributed by atoms with Crippen molar-refractivity contribution in [2.24, 2.45) is 0 Å². The minimum Gasteiger partial charge on any atom is -0.462 e. The van der Waals surface area contributed by atoms with Crippen molar-refractivity contribution in [3.63, 3.8) is 0 Å². The fraction of sp³-hybridized carbons (Fsp3) is 0.583. The van der Waals surface area contributed by atoms with Crippen molar-refractivity contribution >= 4 is 17.9 Å². The quantitative estimate of drug-likeness (QED) is 0.0199. The largest absolute Gasteiger partial charge is 0.462 e. The fourth-order valence-electron chi connectivity index (χ4n) is 6.57. The number of allylic oxidation sites excluding steroid dienone is 22. The lowest BCUT2D eigenvalue weighted by atomic mass is 10.1. The van der Waals surface area contributed by atoms with Crippen LogP contribution in [-0.4, -0.2) is 37.2 Å². The second-order valence-corrected chi connectivity index (χ2v) is 16.8. The van der Waals surface area contributed by atoms with Gasteiger partial charge in [0.05, 0.1) is 0 Å². The zero-order chi connectivity index (χ0) is 47.9. The standard InChI is InChI=1S/C60H94O6/c1-4-7-10-13-16-19-22-25-27-29-30-31-33-35-38-41-44-47-50-53-59(62)65-56-57(55-64-58(61)52-49-46-43-40-37-34-24-21-18-15-12-9-6-3)66-60(63)54-51-48-45-42-39-36-32-28-26-23-20-17-14-11-8-5-2/h7,9-10,12,15-16,18-19,21,24-25,27-28,30-32,35-36,38-39,44,47,57H,4-6,8,11,13-14,17,20,22-23,26,29,33-34,37,40-43,45-46,48-56H2,1-3H3/b10-7-,12-9-,18-15-,19-16-,24-21-,27-25-,31-30-,32-28-,38-35-,39-36-,47-44-. The Hall–Kier alpha value is -4.45. The molecule has 0 spiro atoms. The molecule has 66 heavy (non-hydrogen) atoms. The first kappa shape index (κ1) is 61.5. The van der Waals surface area contributed by atoms with Gasteiger partial charge in [-0.3, -0.25) is 14.4 Å². The van der Waals surface area contributed by atoms with E-state index in [-0.39, 0.29) is 44.0 Å². The summed E-state index contributed by atoms with van der Waals surface area (Å²) in [6.45, 7) is 6.26. The average molecular weight is 911 g/mol. The van der Waals surface area contributed by atoms with E-state index in [0.717, 1.165) is 109 Å². The molecule has 0 aliphatic rings. The number of carbonyl (C=O) groups is 3. The molecule has 0 aromatic heterocycles. The first-order chi connectivity index (χ1) is 32.5. The third-order valence-electron chi connectivity index (χ3n) is 10.5. The van der Waals surface area contributed by atoms with Gasteiger partial charge in [-0.15, -0.1) is 0 Å². The van der Waals surface area contributed by atoms with Crippen LogP contribution in [0.1, 0.15) is 207 Å². The van der Waals surface area contributed by atoms with Gasteiger partial charge in [-0.25, -0.2) is 0 Å². The van der Waals surface area contributed by atoms with Gasteiger partial charge in [-0.1, -0.05) is 219 Å². The molecule has 0 aliphatic carbocycles. The molecule has 0 radical (unpaired) electrons.